The second kappa shape index (κ2) is 6.24. The van der Waals surface area contributed by atoms with Crippen LogP contribution in [-0.2, 0) is 6.18 Å². The largest absolute Gasteiger partial charge is 0.417 e. The number of alkyl halides is 3. The van der Waals surface area contributed by atoms with Crippen LogP contribution in [0.25, 0.3) is 5.65 Å². The van der Waals surface area contributed by atoms with Crippen molar-refractivity contribution >= 4 is 40.4 Å². The molecule has 0 fully saturated rings. The van der Waals surface area contributed by atoms with Crippen molar-refractivity contribution in [2.24, 2.45) is 0 Å². The van der Waals surface area contributed by atoms with Crippen molar-refractivity contribution < 1.29 is 18.0 Å². The molecule has 3 rings (SSSR count). The Morgan fingerprint density at radius 2 is 1.92 bits per heavy atom. The zero-order chi connectivity index (χ0) is 18.4. The first-order valence-electron chi connectivity index (χ1n) is 7.00. The highest BCUT2D eigenvalue weighted by Crippen LogP contribution is 2.31. The second-order valence-electron chi connectivity index (χ2n) is 5.25. The molecule has 0 spiro atoms. The Morgan fingerprint density at radius 3 is 2.60 bits per heavy atom. The molecule has 0 aliphatic rings. The normalized spacial score (nSPS) is 11.8. The van der Waals surface area contributed by atoms with Crippen LogP contribution in [-0.4, -0.2) is 15.3 Å². The molecule has 1 N–H and O–H groups in total. The smallest absolute Gasteiger partial charge is 0.319 e. The molecule has 0 radical (unpaired) electrons. The van der Waals surface area contributed by atoms with Crippen molar-refractivity contribution in [2.45, 2.75) is 13.1 Å². The van der Waals surface area contributed by atoms with Crippen LogP contribution in [0.2, 0.25) is 10.0 Å². The fraction of sp³-hybridized carbons (Fsp3) is 0.125. The van der Waals surface area contributed by atoms with Gasteiger partial charge in [0, 0.05) is 6.20 Å². The van der Waals surface area contributed by atoms with Crippen LogP contribution in [0.3, 0.4) is 0 Å². The van der Waals surface area contributed by atoms with Gasteiger partial charge >= 0.3 is 6.18 Å². The van der Waals surface area contributed by atoms with Crippen LogP contribution in [0, 0.1) is 6.92 Å². The Bertz CT molecular complexity index is 983. The lowest BCUT2D eigenvalue weighted by Crippen LogP contribution is -2.16. The average molecular weight is 388 g/mol. The van der Waals surface area contributed by atoms with Gasteiger partial charge in [-0.1, -0.05) is 29.3 Å². The van der Waals surface area contributed by atoms with E-state index in [1.165, 1.54) is 19.1 Å². The molecule has 0 unspecified atom stereocenters. The predicted octanol–water partition coefficient (Wildman–Crippen LogP) is 5.22. The minimum Gasteiger partial charge on any atom is -0.319 e. The number of hydrogen-bond acceptors (Lipinski definition) is 2. The summed E-state index contributed by atoms with van der Waals surface area (Å²) in [5, 5.41) is 2.93. The summed E-state index contributed by atoms with van der Waals surface area (Å²) in [4.78, 5) is 16.7. The van der Waals surface area contributed by atoms with Gasteiger partial charge in [-0.25, -0.2) is 4.98 Å². The number of pyridine rings is 1. The maximum atomic E-state index is 12.9. The van der Waals surface area contributed by atoms with Gasteiger partial charge in [0.25, 0.3) is 5.91 Å². The van der Waals surface area contributed by atoms with Crippen molar-refractivity contribution in [3.63, 3.8) is 0 Å². The molecule has 0 saturated carbocycles. The first-order chi connectivity index (χ1) is 11.7. The number of benzene rings is 1. The van der Waals surface area contributed by atoms with Gasteiger partial charge in [-0.05, 0) is 31.2 Å². The molecule has 0 bridgehead atoms. The second-order valence-corrected chi connectivity index (χ2v) is 6.03. The topological polar surface area (TPSA) is 46.4 Å². The van der Waals surface area contributed by atoms with Crippen LogP contribution >= 0.6 is 23.2 Å². The summed E-state index contributed by atoms with van der Waals surface area (Å²) >= 11 is 11.9. The molecular formula is C16H10Cl2F3N3O. The minimum atomic E-state index is -4.53. The van der Waals surface area contributed by atoms with Crippen LogP contribution in [0.4, 0.5) is 18.9 Å². The number of nitrogens with zero attached hydrogens (tertiary/aromatic N) is 2. The van der Waals surface area contributed by atoms with Gasteiger partial charge in [0.05, 0.1) is 27.0 Å². The number of rotatable bonds is 2. The van der Waals surface area contributed by atoms with Gasteiger partial charge in [-0.15, -0.1) is 0 Å². The summed E-state index contributed by atoms with van der Waals surface area (Å²) in [5.74, 6) is -0.645. The molecule has 3 aromatic rings. The molecular weight excluding hydrogens is 378 g/mol. The van der Waals surface area contributed by atoms with Gasteiger partial charge < -0.3 is 5.32 Å². The third kappa shape index (κ3) is 3.29. The first kappa shape index (κ1) is 17.6. The standard InChI is InChI=1S/C16H10Cl2F3N3O/c1-8-14(15(25)23-11-4-2-3-10(17)13(11)18)24-7-9(16(19,20)21)5-6-12(24)22-8/h2-7H,1H3,(H,23,25). The highest BCUT2D eigenvalue weighted by Gasteiger charge is 2.31. The van der Waals surface area contributed by atoms with Gasteiger partial charge in [0.15, 0.2) is 0 Å². The molecule has 0 atom stereocenters. The average Bonchev–Trinajstić information content (AvgIpc) is 2.85. The maximum absolute atomic E-state index is 12.9. The Morgan fingerprint density at radius 1 is 1.20 bits per heavy atom. The number of carbonyl (C=O) groups excluding carboxylic acids is 1. The number of aromatic nitrogens is 2. The zero-order valence-electron chi connectivity index (χ0n) is 12.7. The molecule has 2 aromatic heterocycles. The van der Waals surface area contributed by atoms with E-state index in [2.05, 4.69) is 10.3 Å². The summed E-state index contributed by atoms with van der Waals surface area (Å²) in [6.45, 7) is 1.54. The molecule has 0 saturated heterocycles. The lowest BCUT2D eigenvalue weighted by molar-refractivity contribution is -0.137. The molecule has 0 aliphatic carbocycles. The fourth-order valence-corrected chi connectivity index (χ4v) is 2.73. The van der Waals surface area contributed by atoms with Gasteiger partial charge in [-0.2, -0.15) is 13.2 Å². The van der Waals surface area contributed by atoms with Crippen LogP contribution < -0.4 is 5.32 Å². The molecule has 9 heteroatoms. The van der Waals surface area contributed by atoms with E-state index in [0.29, 0.717) is 0 Å². The highest BCUT2D eigenvalue weighted by atomic mass is 35.5. The number of carbonyl (C=O) groups is 1. The number of fused-ring (bicyclic) bond motifs is 1. The Hall–Kier alpha value is -2.25. The van der Waals surface area contributed by atoms with Crippen molar-refractivity contribution in [1.29, 1.82) is 0 Å². The number of hydrogen-bond donors (Lipinski definition) is 1. The van der Waals surface area contributed by atoms with Crippen LogP contribution in [0.15, 0.2) is 36.5 Å². The summed E-state index contributed by atoms with van der Waals surface area (Å²) in [6.07, 6.45) is -3.69. The maximum Gasteiger partial charge on any atom is 0.417 e. The summed E-state index contributed by atoms with van der Waals surface area (Å²) in [5.41, 5.74) is -0.132. The number of anilines is 1. The van der Waals surface area contributed by atoms with Crippen LogP contribution in [0.1, 0.15) is 21.7 Å². The summed E-state index contributed by atoms with van der Waals surface area (Å²) < 4.78 is 39.9. The minimum absolute atomic E-state index is 0.0165. The molecule has 130 valence electrons. The van der Waals surface area contributed by atoms with Crippen molar-refractivity contribution in [3.05, 3.63) is 63.5 Å². The summed E-state index contributed by atoms with van der Waals surface area (Å²) in [6, 6.07) is 6.80. The van der Waals surface area contributed by atoms with E-state index in [1.807, 2.05) is 0 Å². The molecule has 0 aliphatic heterocycles. The number of imidazole rings is 1. The first-order valence-corrected chi connectivity index (χ1v) is 7.75. The highest BCUT2D eigenvalue weighted by molar-refractivity contribution is 6.44. The third-order valence-electron chi connectivity index (χ3n) is 3.54. The Kier molecular flexibility index (Phi) is 4.38. The number of halogens is 5. The van der Waals surface area contributed by atoms with E-state index in [1.54, 1.807) is 12.1 Å². The van der Waals surface area contributed by atoms with Gasteiger partial charge in [-0.3, -0.25) is 9.20 Å². The van der Waals surface area contributed by atoms with Crippen LogP contribution in [0.5, 0.6) is 0 Å². The molecule has 4 nitrogen and oxygen atoms in total. The summed E-state index contributed by atoms with van der Waals surface area (Å²) in [7, 11) is 0. The van der Waals surface area contributed by atoms with Gasteiger partial charge in [0.2, 0.25) is 0 Å². The van der Waals surface area contributed by atoms with E-state index in [4.69, 9.17) is 23.2 Å². The zero-order valence-corrected chi connectivity index (χ0v) is 14.2. The number of amides is 1. The SMILES string of the molecule is Cc1nc2ccc(C(F)(F)F)cn2c1C(=O)Nc1cccc(Cl)c1Cl. The van der Waals surface area contributed by atoms with Crippen molar-refractivity contribution in [1.82, 2.24) is 9.38 Å². The molecule has 25 heavy (non-hydrogen) atoms. The van der Waals surface area contributed by atoms with E-state index in [0.717, 1.165) is 16.7 Å². The lowest BCUT2D eigenvalue weighted by atomic mass is 10.2. The van der Waals surface area contributed by atoms with Crippen molar-refractivity contribution in [2.75, 3.05) is 5.32 Å². The molecule has 1 amide bonds. The van der Waals surface area contributed by atoms with Crippen molar-refractivity contribution in [3.8, 4) is 0 Å². The third-order valence-corrected chi connectivity index (χ3v) is 4.35. The van der Waals surface area contributed by atoms with E-state index in [9.17, 15) is 18.0 Å². The fourth-order valence-electron chi connectivity index (χ4n) is 2.39. The van der Waals surface area contributed by atoms with E-state index in [-0.39, 0.29) is 32.8 Å². The van der Waals surface area contributed by atoms with Gasteiger partial charge in [0.1, 0.15) is 11.3 Å². The lowest BCUT2D eigenvalue weighted by Gasteiger charge is -2.10. The quantitative estimate of drug-likeness (QED) is 0.654. The number of aryl methyl sites for hydroxylation is 1. The predicted molar refractivity (Wildman–Crippen MR) is 89.3 cm³/mol. The Labute approximate surface area is 150 Å². The monoisotopic (exact) mass is 387 g/mol. The molecule has 2 heterocycles. The molecule has 1 aromatic carbocycles. The van der Waals surface area contributed by atoms with E-state index < -0.39 is 17.6 Å². The number of nitrogens with one attached hydrogen (secondary N) is 1. The van der Waals surface area contributed by atoms with E-state index >= 15 is 0 Å². The Balaban J connectivity index is 2.06.